The van der Waals surface area contributed by atoms with Gasteiger partial charge in [0.1, 0.15) is 0 Å². The molecule has 0 bridgehead atoms. The van der Waals surface area contributed by atoms with Crippen LogP contribution in [0.2, 0.25) is 5.02 Å². The predicted molar refractivity (Wildman–Crippen MR) is 77.4 cm³/mol. The Balaban J connectivity index is 2.34. The number of hydrogen-bond acceptors (Lipinski definition) is 3. The second kappa shape index (κ2) is 6.07. The standard InChI is InChI=1S/C14H16ClN3O2/c1-10-13(14(20)17(2)6-7-19)9-16-18(10)12-5-3-4-11(15)8-12/h3-5,8-9,19H,6-7H2,1-2H3. The average Bonchev–Trinajstić information content (AvgIpc) is 2.80. The van der Waals surface area contributed by atoms with Crippen LogP contribution in [0.1, 0.15) is 16.1 Å². The topological polar surface area (TPSA) is 58.4 Å². The molecule has 0 aliphatic rings. The van der Waals surface area contributed by atoms with Crippen LogP contribution in [0.4, 0.5) is 0 Å². The molecule has 0 aliphatic heterocycles. The summed E-state index contributed by atoms with van der Waals surface area (Å²) in [4.78, 5) is 13.7. The monoisotopic (exact) mass is 293 g/mol. The summed E-state index contributed by atoms with van der Waals surface area (Å²) in [5.41, 5.74) is 2.06. The average molecular weight is 294 g/mol. The summed E-state index contributed by atoms with van der Waals surface area (Å²) >= 11 is 5.96. The molecule has 5 nitrogen and oxygen atoms in total. The van der Waals surface area contributed by atoms with Gasteiger partial charge in [-0.25, -0.2) is 4.68 Å². The number of hydrogen-bond donors (Lipinski definition) is 1. The van der Waals surface area contributed by atoms with E-state index in [1.54, 1.807) is 23.9 Å². The fourth-order valence-corrected chi connectivity index (χ4v) is 2.13. The Labute approximate surface area is 122 Å². The minimum Gasteiger partial charge on any atom is -0.395 e. The molecule has 1 aromatic carbocycles. The van der Waals surface area contributed by atoms with E-state index in [4.69, 9.17) is 16.7 Å². The van der Waals surface area contributed by atoms with Crippen LogP contribution in [0.25, 0.3) is 5.69 Å². The zero-order chi connectivity index (χ0) is 14.7. The zero-order valence-corrected chi connectivity index (χ0v) is 12.1. The smallest absolute Gasteiger partial charge is 0.257 e. The molecule has 1 N–H and O–H groups in total. The summed E-state index contributed by atoms with van der Waals surface area (Å²) < 4.78 is 1.67. The van der Waals surface area contributed by atoms with Gasteiger partial charge in [-0.1, -0.05) is 17.7 Å². The molecule has 1 aromatic heterocycles. The number of aliphatic hydroxyl groups excluding tert-OH is 1. The molecular formula is C14H16ClN3O2. The molecule has 0 spiro atoms. The Morgan fingerprint density at radius 3 is 2.90 bits per heavy atom. The molecule has 0 saturated heterocycles. The van der Waals surface area contributed by atoms with Crippen molar-refractivity contribution in [2.75, 3.05) is 20.2 Å². The Kier molecular flexibility index (Phi) is 4.42. The fraction of sp³-hybridized carbons (Fsp3) is 0.286. The molecule has 0 saturated carbocycles. The number of likely N-dealkylation sites (N-methyl/N-ethyl adjacent to an activating group) is 1. The van der Waals surface area contributed by atoms with E-state index in [-0.39, 0.29) is 12.5 Å². The maximum absolute atomic E-state index is 12.2. The lowest BCUT2D eigenvalue weighted by Crippen LogP contribution is -2.29. The second-order valence-corrected chi connectivity index (χ2v) is 4.92. The van der Waals surface area contributed by atoms with Crippen molar-refractivity contribution in [3.8, 4) is 5.69 Å². The third kappa shape index (κ3) is 2.84. The van der Waals surface area contributed by atoms with Crippen molar-refractivity contribution in [3.63, 3.8) is 0 Å². The van der Waals surface area contributed by atoms with Gasteiger partial charge < -0.3 is 10.0 Å². The number of aromatic nitrogens is 2. The minimum absolute atomic E-state index is 0.0658. The normalized spacial score (nSPS) is 10.6. The van der Waals surface area contributed by atoms with Crippen molar-refractivity contribution in [2.45, 2.75) is 6.92 Å². The van der Waals surface area contributed by atoms with Crippen LogP contribution in [0.15, 0.2) is 30.5 Å². The maximum atomic E-state index is 12.2. The highest BCUT2D eigenvalue weighted by Crippen LogP contribution is 2.18. The van der Waals surface area contributed by atoms with Gasteiger partial charge >= 0.3 is 0 Å². The number of aliphatic hydroxyl groups is 1. The molecule has 2 aromatic rings. The van der Waals surface area contributed by atoms with E-state index in [0.29, 0.717) is 17.1 Å². The van der Waals surface area contributed by atoms with Crippen molar-refractivity contribution in [1.82, 2.24) is 14.7 Å². The van der Waals surface area contributed by atoms with Gasteiger partial charge in [-0.15, -0.1) is 0 Å². The molecule has 0 aliphatic carbocycles. The number of benzene rings is 1. The number of carbonyl (C=O) groups is 1. The number of carbonyl (C=O) groups excluding carboxylic acids is 1. The highest BCUT2D eigenvalue weighted by Gasteiger charge is 2.18. The second-order valence-electron chi connectivity index (χ2n) is 4.49. The molecule has 6 heteroatoms. The molecular weight excluding hydrogens is 278 g/mol. The van der Waals surface area contributed by atoms with Gasteiger partial charge in [0.25, 0.3) is 5.91 Å². The first kappa shape index (κ1) is 14.6. The summed E-state index contributed by atoms with van der Waals surface area (Å²) in [7, 11) is 1.65. The Morgan fingerprint density at radius 1 is 1.50 bits per heavy atom. The number of nitrogens with zero attached hydrogens (tertiary/aromatic N) is 3. The molecule has 1 heterocycles. The quantitative estimate of drug-likeness (QED) is 0.936. The molecule has 0 fully saturated rings. The van der Waals surface area contributed by atoms with E-state index < -0.39 is 0 Å². The molecule has 2 rings (SSSR count). The molecule has 20 heavy (non-hydrogen) atoms. The van der Waals surface area contributed by atoms with E-state index in [1.807, 2.05) is 19.1 Å². The van der Waals surface area contributed by atoms with E-state index in [9.17, 15) is 4.79 Å². The van der Waals surface area contributed by atoms with E-state index in [0.717, 1.165) is 11.4 Å². The van der Waals surface area contributed by atoms with Crippen LogP contribution in [-0.2, 0) is 0 Å². The van der Waals surface area contributed by atoms with Gasteiger partial charge in [-0.3, -0.25) is 4.79 Å². The van der Waals surface area contributed by atoms with Crippen molar-refractivity contribution < 1.29 is 9.90 Å². The highest BCUT2D eigenvalue weighted by molar-refractivity contribution is 6.30. The third-order valence-corrected chi connectivity index (χ3v) is 3.31. The molecule has 0 radical (unpaired) electrons. The van der Waals surface area contributed by atoms with Gasteiger partial charge in [0.2, 0.25) is 0 Å². The largest absolute Gasteiger partial charge is 0.395 e. The highest BCUT2D eigenvalue weighted by atomic mass is 35.5. The fourth-order valence-electron chi connectivity index (χ4n) is 1.94. The Morgan fingerprint density at radius 2 is 2.25 bits per heavy atom. The van der Waals surface area contributed by atoms with Crippen molar-refractivity contribution in [3.05, 3.63) is 46.7 Å². The Bertz CT molecular complexity index is 625. The number of amides is 1. The summed E-state index contributed by atoms with van der Waals surface area (Å²) in [6.45, 7) is 2.05. The minimum atomic E-state index is -0.162. The number of halogens is 1. The van der Waals surface area contributed by atoms with Crippen molar-refractivity contribution in [1.29, 1.82) is 0 Å². The van der Waals surface area contributed by atoms with Crippen LogP contribution < -0.4 is 0 Å². The van der Waals surface area contributed by atoms with Crippen molar-refractivity contribution in [2.24, 2.45) is 0 Å². The van der Waals surface area contributed by atoms with Crippen LogP contribution in [0, 0.1) is 6.92 Å². The SMILES string of the molecule is Cc1c(C(=O)N(C)CCO)cnn1-c1cccc(Cl)c1. The summed E-state index contributed by atoms with van der Waals surface area (Å²) in [6, 6.07) is 7.27. The Hall–Kier alpha value is -1.85. The first-order valence-electron chi connectivity index (χ1n) is 6.21. The lowest BCUT2D eigenvalue weighted by Gasteiger charge is -2.15. The predicted octanol–water partition coefficient (Wildman–Crippen LogP) is 1.90. The molecule has 1 amide bonds. The first-order chi connectivity index (χ1) is 9.54. The molecule has 106 valence electrons. The van der Waals surface area contributed by atoms with Crippen LogP contribution in [0.5, 0.6) is 0 Å². The summed E-state index contributed by atoms with van der Waals surface area (Å²) in [5, 5.41) is 13.7. The van der Waals surface area contributed by atoms with Gasteiger partial charge in [0.15, 0.2) is 0 Å². The number of rotatable bonds is 4. The van der Waals surface area contributed by atoms with E-state index in [1.165, 1.54) is 11.1 Å². The third-order valence-electron chi connectivity index (χ3n) is 3.08. The van der Waals surface area contributed by atoms with Gasteiger partial charge in [0, 0.05) is 18.6 Å². The van der Waals surface area contributed by atoms with Crippen LogP contribution >= 0.6 is 11.6 Å². The van der Waals surface area contributed by atoms with E-state index >= 15 is 0 Å². The lowest BCUT2D eigenvalue weighted by molar-refractivity contribution is 0.0766. The van der Waals surface area contributed by atoms with Crippen LogP contribution in [-0.4, -0.2) is 45.9 Å². The molecule has 0 unspecified atom stereocenters. The van der Waals surface area contributed by atoms with Gasteiger partial charge in [0.05, 0.1) is 29.7 Å². The first-order valence-corrected chi connectivity index (χ1v) is 6.59. The summed E-state index contributed by atoms with van der Waals surface area (Å²) in [6.07, 6.45) is 1.53. The summed E-state index contributed by atoms with van der Waals surface area (Å²) in [5.74, 6) is -0.162. The van der Waals surface area contributed by atoms with Gasteiger partial charge in [-0.05, 0) is 25.1 Å². The van der Waals surface area contributed by atoms with Gasteiger partial charge in [-0.2, -0.15) is 5.10 Å². The van der Waals surface area contributed by atoms with Crippen LogP contribution in [0.3, 0.4) is 0 Å². The molecule has 0 atom stereocenters. The maximum Gasteiger partial charge on any atom is 0.257 e. The van der Waals surface area contributed by atoms with Crippen molar-refractivity contribution >= 4 is 17.5 Å². The van der Waals surface area contributed by atoms with E-state index in [2.05, 4.69) is 5.10 Å². The lowest BCUT2D eigenvalue weighted by atomic mass is 10.2. The zero-order valence-electron chi connectivity index (χ0n) is 11.4.